The number of aryl methyl sites for hydroxylation is 2. The number of anilines is 1. The van der Waals surface area contributed by atoms with Gasteiger partial charge in [-0.2, -0.15) is 0 Å². The van der Waals surface area contributed by atoms with E-state index in [0.29, 0.717) is 22.8 Å². The minimum atomic E-state index is -0.693. The van der Waals surface area contributed by atoms with Crippen LogP contribution in [0.25, 0.3) is 17.4 Å². The summed E-state index contributed by atoms with van der Waals surface area (Å²) in [6.45, 7) is 3.30. The number of carbonyl (C=O) groups excluding carboxylic acids is 4. The smallest absolute Gasteiger partial charge is 0.337 e. The summed E-state index contributed by atoms with van der Waals surface area (Å²) in [7, 11) is 1.32. The number of benzene rings is 2. The quantitative estimate of drug-likeness (QED) is 0.319. The number of rotatable bonds is 6. The second-order valence-corrected chi connectivity index (χ2v) is 8.02. The van der Waals surface area contributed by atoms with Crippen LogP contribution in [0.3, 0.4) is 0 Å². The Hall–Kier alpha value is -4.66. The summed E-state index contributed by atoms with van der Waals surface area (Å²) in [5.74, 6) is -0.697. The van der Waals surface area contributed by atoms with Crippen LogP contribution in [0.2, 0.25) is 0 Å². The first-order valence-corrected chi connectivity index (χ1v) is 10.8. The Morgan fingerprint density at radius 3 is 2.60 bits per heavy atom. The lowest BCUT2D eigenvalue weighted by atomic mass is 10.0. The fourth-order valence-electron chi connectivity index (χ4n) is 3.68. The molecule has 35 heavy (non-hydrogen) atoms. The van der Waals surface area contributed by atoms with Crippen molar-refractivity contribution in [1.82, 2.24) is 10.2 Å². The number of imide groups is 1. The van der Waals surface area contributed by atoms with Gasteiger partial charge in [0.25, 0.3) is 5.91 Å². The van der Waals surface area contributed by atoms with Gasteiger partial charge in [-0.25, -0.2) is 14.5 Å². The monoisotopic (exact) mass is 473 g/mol. The fraction of sp³-hybridized carbons (Fsp3) is 0.154. The number of ether oxygens (including phenoxy) is 1. The van der Waals surface area contributed by atoms with E-state index in [1.54, 1.807) is 48.5 Å². The van der Waals surface area contributed by atoms with E-state index in [-0.39, 0.29) is 5.70 Å². The van der Waals surface area contributed by atoms with E-state index in [9.17, 15) is 19.2 Å². The van der Waals surface area contributed by atoms with Crippen molar-refractivity contribution in [3.8, 4) is 11.3 Å². The molecule has 9 heteroatoms. The van der Waals surface area contributed by atoms with E-state index in [1.165, 1.54) is 13.2 Å². The molecule has 0 bridgehead atoms. The van der Waals surface area contributed by atoms with E-state index in [1.807, 2.05) is 19.9 Å². The number of nitrogens with one attached hydrogen (secondary N) is 2. The molecule has 0 spiro atoms. The summed E-state index contributed by atoms with van der Waals surface area (Å²) < 4.78 is 10.6. The summed E-state index contributed by atoms with van der Waals surface area (Å²) in [5, 5.41) is 5.15. The topological polar surface area (TPSA) is 118 Å². The third-order valence-electron chi connectivity index (χ3n) is 5.39. The molecule has 1 aromatic heterocycles. The van der Waals surface area contributed by atoms with Gasteiger partial charge in [-0.3, -0.25) is 9.59 Å². The maximum absolute atomic E-state index is 12.7. The van der Waals surface area contributed by atoms with Gasteiger partial charge in [0.2, 0.25) is 5.91 Å². The second-order valence-electron chi connectivity index (χ2n) is 8.02. The molecule has 0 atom stereocenters. The van der Waals surface area contributed by atoms with Crippen LogP contribution in [-0.4, -0.2) is 42.4 Å². The normalized spacial score (nSPS) is 14.3. The summed E-state index contributed by atoms with van der Waals surface area (Å²) in [6, 6.07) is 15.0. The molecule has 3 aromatic rings. The molecule has 178 valence electrons. The van der Waals surface area contributed by atoms with Crippen LogP contribution in [0, 0.1) is 13.8 Å². The number of hydrogen-bond donors (Lipinski definition) is 2. The van der Waals surface area contributed by atoms with Gasteiger partial charge in [0.1, 0.15) is 23.8 Å². The predicted molar refractivity (Wildman–Crippen MR) is 128 cm³/mol. The van der Waals surface area contributed by atoms with Crippen molar-refractivity contribution >= 4 is 35.6 Å². The average molecular weight is 473 g/mol. The van der Waals surface area contributed by atoms with Crippen LogP contribution in [0.5, 0.6) is 0 Å². The van der Waals surface area contributed by atoms with Crippen LogP contribution in [0.1, 0.15) is 27.2 Å². The maximum Gasteiger partial charge on any atom is 0.337 e. The molecule has 0 aliphatic carbocycles. The van der Waals surface area contributed by atoms with Gasteiger partial charge in [0.05, 0.1) is 12.7 Å². The molecule has 2 aromatic carbocycles. The molecular formula is C26H23N3O6. The van der Waals surface area contributed by atoms with Crippen molar-refractivity contribution < 1.29 is 28.3 Å². The minimum Gasteiger partial charge on any atom is -0.465 e. The van der Waals surface area contributed by atoms with Gasteiger partial charge in [-0.05, 0) is 61.4 Å². The molecule has 9 nitrogen and oxygen atoms in total. The van der Waals surface area contributed by atoms with E-state index >= 15 is 0 Å². The zero-order valence-electron chi connectivity index (χ0n) is 19.4. The third kappa shape index (κ3) is 5.14. The molecule has 1 saturated heterocycles. The highest BCUT2D eigenvalue weighted by molar-refractivity contribution is 6.15. The lowest BCUT2D eigenvalue weighted by molar-refractivity contribution is -0.127. The van der Waals surface area contributed by atoms with Crippen LogP contribution in [-0.2, 0) is 14.3 Å². The van der Waals surface area contributed by atoms with Crippen LogP contribution in [0.15, 0.2) is 64.7 Å². The van der Waals surface area contributed by atoms with Gasteiger partial charge < -0.3 is 19.8 Å². The SMILES string of the molecule is COC(=O)c1ccc(-c2ccc(/C=C3/NC(=O)N(CC(=O)Nc4cccc(C)c4)C3=O)o2)c(C)c1. The molecule has 1 aliphatic rings. The summed E-state index contributed by atoms with van der Waals surface area (Å²) >= 11 is 0. The number of esters is 1. The van der Waals surface area contributed by atoms with E-state index < -0.39 is 30.4 Å². The molecule has 4 amide bonds. The van der Waals surface area contributed by atoms with Crippen molar-refractivity contribution in [2.75, 3.05) is 19.0 Å². The van der Waals surface area contributed by atoms with Crippen molar-refractivity contribution in [3.63, 3.8) is 0 Å². The number of carbonyl (C=O) groups is 4. The van der Waals surface area contributed by atoms with E-state index in [0.717, 1.165) is 21.6 Å². The van der Waals surface area contributed by atoms with Crippen LogP contribution in [0.4, 0.5) is 10.5 Å². The van der Waals surface area contributed by atoms with Gasteiger partial charge in [-0.15, -0.1) is 0 Å². The molecule has 1 fully saturated rings. The van der Waals surface area contributed by atoms with Gasteiger partial charge in [-0.1, -0.05) is 18.2 Å². The Kier molecular flexibility index (Phi) is 6.50. The minimum absolute atomic E-state index is 0.00276. The number of hydrogen-bond acceptors (Lipinski definition) is 6. The molecule has 0 radical (unpaired) electrons. The third-order valence-corrected chi connectivity index (χ3v) is 5.39. The average Bonchev–Trinajstić information content (AvgIpc) is 3.38. The lowest BCUT2D eigenvalue weighted by Crippen LogP contribution is -2.38. The van der Waals surface area contributed by atoms with Crippen LogP contribution >= 0.6 is 0 Å². The molecule has 2 N–H and O–H groups in total. The highest BCUT2D eigenvalue weighted by atomic mass is 16.5. The van der Waals surface area contributed by atoms with Crippen molar-refractivity contribution in [3.05, 3.63) is 82.7 Å². The second kappa shape index (κ2) is 9.68. The van der Waals surface area contributed by atoms with E-state index in [2.05, 4.69) is 10.6 Å². The Bertz CT molecular complexity index is 1370. The highest BCUT2D eigenvalue weighted by Gasteiger charge is 2.35. The Labute approximate surface area is 201 Å². The number of furan rings is 1. The summed E-state index contributed by atoms with van der Waals surface area (Å²) in [6.07, 6.45) is 1.40. The zero-order valence-corrected chi connectivity index (χ0v) is 19.4. The molecule has 0 unspecified atom stereocenters. The molecule has 1 aliphatic heterocycles. The Balaban J connectivity index is 1.46. The van der Waals surface area contributed by atoms with Gasteiger partial charge in [0.15, 0.2) is 0 Å². The molecule has 2 heterocycles. The predicted octanol–water partition coefficient (Wildman–Crippen LogP) is 3.88. The first kappa shape index (κ1) is 23.5. The Morgan fingerprint density at radius 2 is 1.89 bits per heavy atom. The van der Waals surface area contributed by atoms with Gasteiger partial charge in [0, 0.05) is 17.3 Å². The Morgan fingerprint density at radius 1 is 1.09 bits per heavy atom. The van der Waals surface area contributed by atoms with Crippen molar-refractivity contribution in [2.45, 2.75) is 13.8 Å². The molecular weight excluding hydrogens is 450 g/mol. The molecule has 4 rings (SSSR count). The van der Waals surface area contributed by atoms with Crippen molar-refractivity contribution in [1.29, 1.82) is 0 Å². The highest BCUT2D eigenvalue weighted by Crippen LogP contribution is 2.28. The van der Waals surface area contributed by atoms with Gasteiger partial charge >= 0.3 is 12.0 Å². The lowest BCUT2D eigenvalue weighted by Gasteiger charge is -2.12. The number of urea groups is 1. The maximum atomic E-state index is 12.7. The standard InChI is InChI=1S/C26H23N3O6/c1-15-5-4-6-18(11-15)27-23(30)14-29-24(31)21(28-26(29)33)13-19-8-10-22(35-19)20-9-7-17(12-16(20)2)25(32)34-3/h4-13H,14H2,1-3H3,(H,27,30)(H,28,33)/b21-13+. The largest absolute Gasteiger partial charge is 0.465 e. The first-order valence-electron chi connectivity index (χ1n) is 10.8. The fourth-order valence-corrected chi connectivity index (χ4v) is 3.68. The number of methoxy groups -OCH3 is 1. The summed E-state index contributed by atoms with van der Waals surface area (Å²) in [5.41, 5.74) is 3.53. The first-order chi connectivity index (χ1) is 16.7. The van der Waals surface area contributed by atoms with Crippen LogP contribution < -0.4 is 10.6 Å². The zero-order chi connectivity index (χ0) is 25.1. The van der Waals surface area contributed by atoms with Crippen molar-refractivity contribution in [2.24, 2.45) is 0 Å². The number of nitrogens with zero attached hydrogens (tertiary/aromatic N) is 1. The summed E-state index contributed by atoms with van der Waals surface area (Å²) in [4.78, 5) is 50.0. The van der Waals surface area contributed by atoms with E-state index in [4.69, 9.17) is 9.15 Å². The molecule has 0 saturated carbocycles. The number of amides is 4.